The quantitative estimate of drug-likeness (QED) is 0.928. The first kappa shape index (κ1) is 15.1. The van der Waals surface area contributed by atoms with Gasteiger partial charge in [0, 0.05) is 23.7 Å². The van der Waals surface area contributed by atoms with E-state index in [0.717, 1.165) is 25.8 Å². The van der Waals surface area contributed by atoms with E-state index in [2.05, 4.69) is 0 Å². The standard InChI is InChI=1S/C15H21ClN2O2/c1-11(17)14-7-2-3-8-18(14)15(19)10-20-13-6-4-5-12(16)9-13/h4-6,9,11,14H,2-3,7-8,10,17H2,1H3. The molecule has 1 aliphatic rings. The molecule has 2 atom stereocenters. The van der Waals surface area contributed by atoms with Crippen molar-refractivity contribution in [3.63, 3.8) is 0 Å². The Morgan fingerprint density at radius 1 is 1.55 bits per heavy atom. The lowest BCUT2D eigenvalue weighted by atomic mass is 9.97. The van der Waals surface area contributed by atoms with Gasteiger partial charge in [-0.25, -0.2) is 0 Å². The van der Waals surface area contributed by atoms with E-state index in [-0.39, 0.29) is 24.6 Å². The van der Waals surface area contributed by atoms with Crippen molar-refractivity contribution < 1.29 is 9.53 Å². The molecule has 2 N–H and O–H groups in total. The minimum Gasteiger partial charge on any atom is -0.484 e. The number of carbonyl (C=O) groups is 1. The maximum absolute atomic E-state index is 12.3. The number of amides is 1. The number of nitrogens with two attached hydrogens (primary N) is 1. The monoisotopic (exact) mass is 296 g/mol. The van der Waals surface area contributed by atoms with Crippen LogP contribution >= 0.6 is 11.6 Å². The van der Waals surface area contributed by atoms with Gasteiger partial charge in [-0.15, -0.1) is 0 Å². The van der Waals surface area contributed by atoms with Gasteiger partial charge in [-0.2, -0.15) is 0 Å². The molecule has 20 heavy (non-hydrogen) atoms. The zero-order valence-electron chi connectivity index (χ0n) is 11.7. The van der Waals surface area contributed by atoms with E-state index in [1.807, 2.05) is 11.8 Å². The third-order valence-corrected chi connectivity index (χ3v) is 3.87. The number of hydrogen-bond acceptors (Lipinski definition) is 3. The Balaban J connectivity index is 1.93. The van der Waals surface area contributed by atoms with Crippen molar-refractivity contribution in [2.75, 3.05) is 13.2 Å². The van der Waals surface area contributed by atoms with Gasteiger partial charge in [-0.3, -0.25) is 4.79 Å². The van der Waals surface area contributed by atoms with E-state index >= 15 is 0 Å². The topological polar surface area (TPSA) is 55.6 Å². The largest absolute Gasteiger partial charge is 0.484 e. The molecule has 1 aromatic carbocycles. The van der Waals surface area contributed by atoms with Gasteiger partial charge in [0.1, 0.15) is 5.75 Å². The van der Waals surface area contributed by atoms with Crippen LogP contribution in [0.1, 0.15) is 26.2 Å². The molecule has 0 radical (unpaired) electrons. The molecule has 110 valence electrons. The molecule has 0 aromatic heterocycles. The minimum atomic E-state index is -0.00887. The van der Waals surface area contributed by atoms with E-state index in [1.54, 1.807) is 24.3 Å². The SMILES string of the molecule is CC(N)C1CCCCN1C(=O)COc1cccc(Cl)c1. The van der Waals surface area contributed by atoms with Crippen LogP contribution in [0.3, 0.4) is 0 Å². The van der Waals surface area contributed by atoms with E-state index < -0.39 is 0 Å². The summed E-state index contributed by atoms with van der Waals surface area (Å²) in [6.07, 6.45) is 3.14. The van der Waals surface area contributed by atoms with Crippen molar-refractivity contribution in [1.29, 1.82) is 0 Å². The van der Waals surface area contributed by atoms with Crippen molar-refractivity contribution in [3.8, 4) is 5.75 Å². The number of nitrogens with zero attached hydrogens (tertiary/aromatic N) is 1. The van der Waals surface area contributed by atoms with Crippen molar-refractivity contribution >= 4 is 17.5 Å². The lowest BCUT2D eigenvalue weighted by Gasteiger charge is -2.38. The fraction of sp³-hybridized carbons (Fsp3) is 0.533. The first-order valence-corrected chi connectivity index (χ1v) is 7.39. The number of hydrogen-bond donors (Lipinski definition) is 1. The molecule has 4 nitrogen and oxygen atoms in total. The molecular weight excluding hydrogens is 276 g/mol. The van der Waals surface area contributed by atoms with Gasteiger partial charge in [0.15, 0.2) is 6.61 Å². The fourth-order valence-electron chi connectivity index (χ4n) is 2.60. The number of piperidine rings is 1. The van der Waals surface area contributed by atoms with E-state index in [1.165, 1.54) is 0 Å². The molecule has 1 fully saturated rings. The smallest absolute Gasteiger partial charge is 0.260 e. The normalized spacial score (nSPS) is 20.6. The summed E-state index contributed by atoms with van der Waals surface area (Å²) in [5.41, 5.74) is 5.97. The lowest BCUT2D eigenvalue weighted by molar-refractivity contribution is -0.137. The summed E-state index contributed by atoms with van der Waals surface area (Å²) < 4.78 is 5.51. The molecule has 0 spiro atoms. The van der Waals surface area contributed by atoms with Gasteiger partial charge < -0.3 is 15.4 Å². The highest BCUT2D eigenvalue weighted by atomic mass is 35.5. The van der Waals surface area contributed by atoms with Gasteiger partial charge in [0.05, 0.1) is 0 Å². The van der Waals surface area contributed by atoms with Crippen molar-refractivity contribution in [2.24, 2.45) is 5.73 Å². The molecule has 2 rings (SSSR count). The number of rotatable bonds is 4. The zero-order valence-corrected chi connectivity index (χ0v) is 12.5. The highest BCUT2D eigenvalue weighted by Gasteiger charge is 2.29. The van der Waals surface area contributed by atoms with Crippen LogP contribution in [0.5, 0.6) is 5.75 Å². The van der Waals surface area contributed by atoms with Crippen molar-refractivity contribution in [1.82, 2.24) is 4.90 Å². The molecule has 5 heteroatoms. The first-order chi connectivity index (χ1) is 9.58. The van der Waals surface area contributed by atoms with Crippen molar-refractivity contribution in [2.45, 2.75) is 38.3 Å². The molecule has 0 saturated carbocycles. The summed E-state index contributed by atoms with van der Waals surface area (Å²) in [5.74, 6) is 0.604. The number of benzene rings is 1. The summed E-state index contributed by atoms with van der Waals surface area (Å²) in [7, 11) is 0. The van der Waals surface area contributed by atoms with E-state index in [9.17, 15) is 4.79 Å². The molecule has 1 aliphatic heterocycles. The number of likely N-dealkylation sites (tertiary alicyclic amines) is 1. The Bertz CT molecular complexity index is 465. The van der Waals surface area contributed by atoms with Crippen LogP contribution < -0.4 is 10.5 Å². The number of halogens is 1. The zero-order chi connectivity index (χ0) is 14.5. The predicted octanol–water partition coefficient (Wildman–Crippen LogP) is 2.45. The van der Waals surface area contributed by atoms with Crippen LogP contribution in [-0.2, 0) is 4.79 Å². The summed E-state index contributed by atoms with van der Waals surface area (Å²) in [4.78, 5) is 14.1. The molecule has 0 bridgehead atoms. The van der Waals surface area contributed by atoms with Gasteiger partial charge >= 0.3 is 0 Å². The summed E-state index contributed by atoms with van der Waals surface area (Å²) >= 11 is 5.88. The first-order valence-electron chi connectivity index (χ1n) is 7.01. The second-order valence-electron chi connectivity index (χ2n) is 5.26. The third kappa shape index (κ3) is 3.87. The number of ether oxygens (including phenoxy) is 1. The van der Waals surface area contributed by atoms with Crippen LogP contribution in [-0.4, -0.2) is 36.0 Å². The molecular formula is C15H21ClN2O2. The Morgan fingerprint density at radius 3 is 3.05 bits per heavy atom. The second kappa shape index (κ2) is 6.95. The average molecular weight is 297 g/mol. The van der Waals surface area contributed by atoms with Gasteiger partial charge in [0.25, 0.3) is 5.91 Å². The highest BCUT2D eigenvalue weighted by molar-refractivity contribution is 6.30. The summed E-state index contributed by atoms with van der Waals surface area (Å²) in [5, 5.41) is 0.598. The maximum atomic E-state index is 12.3. The Morgan fingerprint density at radius 2 is 2.35 bits per heavy atom. The minimum absolute atomic E-state index is 0.00743. The fourth-order valence-corrected chi connectivity index (χ4v) is 2.78. The molecule has 1 aromatic rings. The van der Waals surface area contributed by atoms with Crippen LogP contribution in [0, 0.1) is 0 Å². The summed E-state index contributed by atoms with van der Waals surface area (Å²) in [6, 6.07) is 7.18. The van der Waals surface area contributed by atoms with E-state index in [0.29, 0.717) is 10.8 Å². The van der Waals surface area contributed by atoms with Crippen LogP contribution in [0.25, 0.3) is 0 Å². The lowest BCUT2D eigenvalue weighted by Crippen LogP contribution is -2.52. The van der Waals surface area contributed by atoms with Gasteiger partial charge in [0.2, 0.25) is 0 Å². The van der Waals surface area contributed by atoms with E-state index in [4.69, 9.17) is 22.1 Å². The maximum Gasteiger partial charge on any atom is 0.260 e. The number of carbonyl (C=O) groups excluding carboxylic acids is 1. The van der Waals surface area contributed by atoms with Crippen LogP contribution in [0.2, 0.25) is 5.02 Å². The van der Waals surface area contributed by atoms with Crippen molar-refractivity contribution in [3.05, 3.63) is 29.3 Å². The Hall–Kier alpha value is -1.26. The Kier molecular flexibility index (Phi) is 5.26. The third-order valence-electron chi connectivity index (χ3n) is 3.63. The van der Waals surface area contributed by atoms with Gasteiger partial charge in [-0.05, 0) is 44.4 Å². The molecule has 1 heterocycles. The highest BCUT2D eigenvalue weighted by Crippen LogP contribution is 2.20. The van der Waals surface area contributed by atoms with Gasteiger partial charge in [-0.1, -0.05) is 17.7 Å². The average Bonchev–Trinajstić information content (AvgIpc) is 2.45. The van der Waals surface area contributed by atoms with Crippen LogP contribution in [0.15, 0.2) is 24.3 Å². The Labute approximate surface area is 124 Å². The summed E-state index contributed by atoms with van der Waals surface area (Å²) in [6.45, 7) is 2.75. The molecule has 1 saturated heterocycles. The predicted molar refractivity (Wildman–Crippen MR) is 79.9 cm³/mol. The molecule has 2 unspecified atom stereocenters. The second-order valence-corrected chi connectivity index (χ2v) is 5.69. The molecule has 1 amide bonds. The van der Waals surface area contributed by atoms with Crippen LogP contribution in [0.4, 0.5) is 0 Å². The molecule has 0 aliphatic carbocycles.